The average Bonchev–Trinajstić information content (AvgIpc) is 2.68. The van der Waals surface area contributed by atoms with Crippen LogP contribution in [-0.4, -0.2) is 37.2 Å². The fourth-order valence-corrected chi connectivity index (χ4v) is 5.06. The first-order chi connectivity index (χ1) is 14.0. The number of benzene rings is 1. The summed E-state index contributed by atoms with van der Waals surface area (Å²) in [7, 11) is 0. The maximum atomic E-state index is 12.9. The summed E-state index contributed by atoms with van der Waals surface area (Å²) >= 11 is 0. The summed E-state index contributed by atoms with van der Waals surface area (Å²) in [5.74, 6) is 0. The second-order valence-electron chi connectivity index (χ2n) is 10.1. The fraction of sp³-hybridized carbons (Fsp3) is 0.680. The molecule has 0 amide bonds. The minimum absolute atomic E-state index is 0.214. The van der Waals surface area contributed by atoms with Crippen LogP contribution in [0, 0.1) is 5.41 Å². The number of rotatable bonds is 5. The predicted molar refractivity (Wildman–Crippen MR) is 116 cm³/mol. The fourth-order valence-electron chi connectivity index (χ4n) is 5.06. The van der Waals surface area contributed by atoms with Gasteiger partial charge in [0.2, 0.25) is 0 Å². The molecule has 2 nitrogen and oxygen atoms in total. The van der Waals surface area contributed by atoms with Gasteiger partial charge in [-0.25, -0.2) is 0 Å². The molecule has 1 aromatic rings. The summed E-state index contributed by atoms with van der Waals surface area (Å²) in [5.41, 5.74) is 1.90. The SMILES string of the molecule is CC(C)=CC(CC(C)(C)c1ccc(C(F)(F)F)cc1)N1CCC2(CCOCC2)CC1. The van der Waals surface area contributed by atoms with Crippen molar-refractivity contribution < 1.29 is 17.9 Å². The monoisotopic (exact) mass is 423 g/mol. The Hall–Kier alpha value is -1.33. The van der Waals surface area contributed by atoms with Crippen molar-refractivity contribution in [3.63, 3.8) is 0 Å². The summed E-state index contributed by atoms with van der Waals surface area (Å²) in [6, 6.07) is 6.01. The quantitative estimate of drug-likeness (QED) is 0.495. The number of allylic oxidation sites excluding steroid dienone is 1. The molecule has 1 aromatic carbocycles. The number of ether oxygens (including phenoxy) is 1. The Labute approximate surface area is 179 Å². The Balaban J connectivity index is 1.72. The van der Waals surface area contributed by atoms with Crippen LogP contribution in [-0.2, 0) is 16.3 Å². The third-order valence-electron chi connectivity index (χ3n) is 7.12. The molecule has 5 heteroatoms. The number of alkyl halides is 3. The predicted octanol–water partition coefficient (Wildman–Crippen LogP) is 6.60. The molecule has 0 bridgehead atoms. The molecule has 0 aromatic heterocycles. The summed E-state index contributed by atoms with van der Waals surface area (Å²) in [6.45, 7) is 12.5. The average molecular weight is 424 g/mol. The van der Waals surface area contributed by atoms with Crippen LogP contribution < -0.4 is 0 Å². The number of likely N-dealkylation sites (tertiary alicyclic amines) is 1. The van der Waals surface area contributed by atoms with E-state index in [0.29, 0.717) is 11.5 Å². The Morgan fingerprint density at radius 1 is 1.00 bits per heavy atom. The Kier molecular flexibility index (Phi) is 7.03. The third-order valence-corrected chi connectivity index (χ3v) is 7.12. The second kappa shape index (κ2) is 9.04. The molecule has 1 atom stereocenters. The zero-order valence-corrected chi connectivity index (χ0v) is 18.8. The van der Waals surface area contributed by atoms with E-state index in [4.69, 9.17) is 4.74 Å². The first kappa shape index (κ1) is 23.3. The Morgan fingerprint density at radius 2 is 1.53 bits per heavy atom. The maximum Gasteiger partial charge on any atom is 0.416 e. The molecule has 30 heavy (non-hydrogen) atoms. The molecule has 3 rings (SSSR count). The standard InChI is InChI=1S/C25H36F3NO/c1-19(2)17-22(29-13-9-24(10-14-29)11-15-30-16-12-24)18-23(3,4)20-5-7-21(8-6-20)25(26,27)28/h5-8,17,22H,9-16,18H2,1-4H3. The smallest absolute Gasteiger partial charge is 0.381 e. The lowest BCUT2D eigenvalue weighted by Gasteiger charge is -2.47. The Bertz CT molecular complexity index is 716. The molecule has 2 aliphatic heterocycles. The number of halogens is 3. The number of hydrogen-bond acceptors (Lipinski definition) is 2. The highest BCUT2D eigenvalue weighted by Gasteiger charge is 2.38. The highest BCUT2D eigenvalue weighted by molar-refractivity contribution is 5.30. The van der Waals surface area contributed by atoms with Crippen LogP contribution >= 0.6 is 0 Å². The van der Waals surface area contributed by atoms with Gasteiger partial charge in [0.1, 0.15) is 0 Å². The van der Waals surface area contributed by atoms with Crippen molar-refractivity contribution in [2.24, 2.45) is 5.41 Å². The maximum absolute atomic E-state index is 12.9. The van der Waals surface area contributed by atoms with Crippen molar-refractivity contribution in [1.29, 1.82) is 0 Å². The molecule has 2 aliphatic rings. The van der Waals surface area contributed by atoms with Gasteiger partial charge in [0.25, 0.3) is 0 Å². The minimum atomic E-state index is -4.29. The number of piperidine rings is 1. The van der Waals surface area contributed by atoms with E-state index >= 15 is 0 Å². The van der Waals surface area contributed by atoms with Crippen molar-refractivity contribution >= 4 is 0 Å². The highest BCUT2D eigenvalue weighted by Crippen LogP contribution is 2.42. The van der Waals surface area contributed by atoms with Gasteiger partial charge in [-0.2, -0.15) is 13.2 Å². The summed E-state index contributed by atoms with van der Waals surface area (Å²) < 4.78 is 44.4. The van der Waals surface area contributed by atoms with Crippen LogP contribution in [0.4, 0.5) is 13.2 Å². The largest absolute Gasteiger partial charge is 0.416 e. The molecule has 2 saturated heterocycles. The van der Waals surface area contributed by atoms with E-state index in [1.165, 1.54) is 43.4 Å². The summed E-state index contributed by atoms with van der Waals surface area (Å²) in [4.78, 5) is 2.58. The molecule has 0 radical (unpaired) electrons. The van der Waals surface area contributed by atoms with Crippen molar-refractivity contribution in [3.05, 3.63) is 47.0 Å². The first-order valence-corrected chi connectivity index (χ1v) is 11.2. The van der Waals surface area contributed by atoms with E-state index in [2.05, 4.69) is 38.7 Å². The van der Waals surface area contributed by atoms with Gasteiger partial charge in [-0.1, -0.05) is 37.6 Å². The number of hydrogen-bond donors (Lipinski definition) is 0. The zero-order valence-electron chi connectivity index (χ0n) is 18.8. The summed E-state index contributed by atoms with van der Waals surface area (Å²) in [5, 5.41) is 0. The van der Waals surface area contributed by atoms with Crippen LogP contribution in [0.2, 0.25) is 0 Å². The van der Waals surface area contributed by atoms with Crippen molar-refractivity contribution in [2.45, 2.75) is 77.4 Å². The molecular formula is C25H36F3NO. The van der Waals surface area contributed by atoms with Gasteiger partial charge < -0.3 is 4.74 Å². The van der Waals surface area contributed by atoms with Gasteiger partial charge >= 0.3 is 6.18 Å². The van der Waals surface area contributed by atoms with Crippen LogP contribution in [0.5, 0.6) is 0 Å². The van der Waals surface area contributed by atoms with Crippen molar-refractivity contribution in [3.8, 4) is 0 Å². The van der Waals surface area contributed by atoms with Crippen LogP contribution in [0.1, 0.15) is 70.9 Å². The van der Waals surface area contributed by atoms with E-state index in [9.17, 15) is 13.2 Å². The van der Waals surface area contributed by atoms with Gasteiger partial charge in [-0.3, -0.25) is 4.90 Å². The van der Waals surface area contributed by atoms with Gasteiger partial charge in [0.05, 0.1) is 5.56 Å². The first-order valence-electron chi connectivity index (χ1n) is 11.2. The van der Waals surface area contributed by atoms with E-state index in [-0.39, 0.29) is 5.41 Å². The topological polar surface area (TPSA) is 12.5 Å². The van der Waals surface area contributed by atoms with E-state index < -0.39 is 11.7 Å². The lowest BCUT2D eigenvalue weighted by molar-refractivity contribution is -0.137. The molecular weight excluding hydrogens is 387 g/mol. The lowest BCUT2D eigenvalue weighted by atomic mass is 9.71. The van der Waals surface area contributed by atoms with Crippen molar-refractivity contribution in [2.75, 3.05) is 26.3 Å². The molecule has 2 heterocycles. The van der Waals surface area contributed by atoms with E-state index in [1.54, 1.807) is 12.1 Å². The molecule has 1 unspecified atom stereocenters. The van der Waals surface area contributed by atoms with Crippen LogP contribution in [0.25, 0.3) is 0 Å². The van der Waals surface area contributed by atoms with Crippen molar-refractivity contribution in [1.82, 2.24) is 4.90 Å². The lowest BCUT2D eigenvalue weighted by Crippen LogP contribution is -2.47. The molecule has 2 fully saturated rings. The second-order valence-corrected chi connectivity index (χ2v) is 10.1. The molecule has 0 saturated carbocycles. The van der Waals surface area contributed by atoms with Crippen LogP contribution in [0.3, 0.4) is 0 Å². The molecule has 0 aliphatic carbocycles. The summed E-state index contributed by atoms with van der Waals surface area (Å²) in [6.07, 6.45) is 3.71. The molecule has 1 spiro atoms. The van der Waals surface area contributed by atoms with Gasteiger partial charge in [0.15, 0.2) is 0 Å². The highest BCUT2D eigenvalue weighted by atomic mass is 19.4. The van der Waals surface area contributed by atoms with Gasteiger partial charge in [-0.05, 0) is 87.6 Å². The normalized spacial score (nSPS) is 21.4. The van der Waals surface area contributed by atoms with E-state index in [1.807, 2.05) is 0 Å². The minimum Gasteiger partial charge on any atom is -0.381 e. The van der Waals surface area contributed by atoms with Crippen LogP contribution in [0.15, 0.2) is 35.9 Å². The Morgan fingerprint density at radius 3 is 2.03 bits per heavy atom. The number of nitrogens with zero attached hydrogens (tertiary/aromatic N) is 1. The third kappa shape index (κ3) is 5.67. The molecule has 168 valence electrons. The van der Waals surface area contributed by atoms with E-state index in [0.717, 1.165) is 38.3 Å². The molecule has 0 N–H and O–H groups in total. The van der Waals surface area contributed by atoms with Gasteiger partial charge in [-0.15, -0.1) is 0 Å². The van der Waals surface area contributed by atoms with Gasteiger partial charge in [0, 0.05) is 19.3 Å². The zero-order chi connectivity index (χ0) is 22.0.